The Morgan fingerprint density at radius 3 is 1.82 bits per heavy atom. The van der Waals surface area contributed by atoms with Gasteiger partial charge in [0.15, 0.2) is 0 Å². The second-order valence-electron chi connectivity index (χ2n) is 6.24. The standard InChI is InChI=1S/C16H34O/c1-6-7-9-13(2)12-14(3)10-8-11-15(4)16(5)17/h13-17H,6-12H2,1-5H3. The van der Waals surface area contributed by atoms with E-state index in [0.717, 1.165) is 11.8 Å². The highest BCUT2D eigenvalue weighted by Gasteiger charge is 2.11. The number of aliphatic hydroxyl groups is 1. The van der Waals surface area contributed by atoms with Gasteiger partial charge >= 0.3 is 0 Å². The maximum Gasteiger partial charge on any atom is 0.0537 e. The van der Waals surface area contributed by atoms with Crippen molar-refractivity contribution in [2.45, 2.75) is 85.7 Å². The lowest BCUT2D eigenvalue weighted by Crippen LogP contribution is -2.13. The van der Waals surface area contributed by atoms with Gasteiger partial charge in [-0.2, -0.15) is 0 Å². The molecule has 0 aromatic carbocycles. The predicted octanol–water partition coefficient (Wildman–Crippen LogP) is 5.03. The summed E-state index contributed by atoms with van der Waals surface area (Å²) in [6, 6.07) is 0. The van der Waals surface area contributed by atoms with Crippen LogP contribution in [0.15, 0.2) is 0 Å². The Labute approximate surface area is 109 Å². The van der Waals surface area contributed by atoms with E-state index in [2.05, 4.69) is 27.7 Å². The Morgan fingerprint density at radius 1 is 0.824 bits per heavy atom. The van der Waals surface area contributed by atoms with Crippen LogP contribution in [0.25, 0.3) is 0 Å². The van der Waals surface area contributed by atoms with Crippen molar-refractivity contribution in [1.29, 1.82) is 0 Å². The van der Waals surface area contributed by atoms with E-state index in [9.17, 15) is 5.11 Å². The largest absolute Gasteiger partial charge is 0.393 e. The fraction of sp³-hybridized carbons (Fsp3) is 1.00. The number of hydrogen-bond donors (Lipinski definition) is 1. The molecule has 4 unspecified atom stereocenters. The van der Waals surface area contributed by atoms with Gasteiger partial charge in [-0.3, -0.25) is 0 Å². The van der Waals surface area contributed by atoms with Crippen molar-refractivity contribution in [3.05, 3.63) is 0 Å². The molecule has 1 N–H and O–H groups in total. The predicted molar refractivity (Wildman–Crippen MR) is 77.2 cm³/mol. The second kappa shape index (κ2) is 9.94. The van der Waals surface area contributed by atoms with Gasteiger partial charge in [-0.15, -0.1) is 0 Å². The summed E-state index contributed by atoms with van der Waals surface area (Å²) >= 11 is 0. The highest BCUT2D eigenvalue weighted by molar-refractivity contribution is 4.63. The first kappa shape index (κ1) is 17.0. The molecule has 0 aliphatic rings. The topological polar surface area (TPSA) is 20.2 Å². The van der Waals surface area contributed by atoms with E-state index in [1.165, 1.54) is 44.9 Å². The number of hydrogen-bond acceptors (Lipinski definition) is 1. The van der Waals surface area contributed by atoms with Crippen LogP contribution in [-0.2, 0) is 0 Å². The van der Waals surface area contributed by atoms with Crippen LogP contribution in [0.4, 0.5) is 0 Å². The van der Waals surface area contributed by atoms with Gasteiger partial charge in [-0.05, 0) is 37.5 Å². The van der Waals surface area contributed by atoms with Crippen LogP contribution >= 0.6 is 0 Å². The van der Waals surface area contributed by atoms with Gasteiger partial charge in [0.1, 0.15) is 0 Å². The van der Waals surface area contributed by atoms with Gasteiger partial charge in [0, 0.05) is 0 Å². The Balaban J connectivity index is 3.55. The molecule has 0 rings (SSSR count). The van der Waals surface area contributed by atoms with E-state index in [1.54, 1.807) is 0 Å². The van der Waals surface area contributed by atoms with Crippen LogP contribution in [0, 0.1) is 17.8 Å². The van der Waals surface area contributed by atoms with E-state index in [4.69, 9.17) is 0 Å². The molecule has 4 atom stereocenters. The molecular formula is C16H34O. The van der Waals surface area contributed by atoms with E-state index in [-0.39, 0.29) is 6.10 Å². The van der Waals surface area contributed by atoms with Crippen LogP contribution < -0.4 is 0 Å². The van der Waals surface area contributed by atoms with Crippen molar-refractivity contribution in [3.8, 4) is 0 Å². The summed E-state index contributed by atoms with van der Waals surface area (Å²) in [6.07, 6.45) is 9.10. The van der Waals surface area contributed by atoms with Gasteiger partial charge in [0.05, 0.1) is 6.10 Å². The highest BCUT2D eigenvalue weighted by Crippen LogP contribution is 2.23. The van der Waals surface area contributed by atoms with E-state index >= 15 is 0 Å². The van der Waals surface area contributed by atoms with Crippen molar-refractivity contribution in [3.63, 3.8) is 0 Å². The van der Waals surface area contributed by atoms with Gasteiger partial charge in [0.25, 0.3) is 0 Å². The Bertz CT molecular complexity index is 165. The molecule has 0 saturated heterocycles. The number of aliphatic hydroxyl groups excluding tert-OH is 1. The molecule has 0 fully saturated rings. The minimum Gasteiger partial charge on any atom is -0.393 e. The van der Waals surface area contributed by atoms with Gasteiger partial charge in [-0.1, -0.05) is 59.8 Å². The summed E-state index contributed by atoms with van der Waals surface area (Å²) in [7, 11) is 0. The molecule has 0 aliphatic carbocycles. The summed E-state index contributed by atoms with van der Waals surface area (Å²) in [6.45, 7) is 11.1. The third-order valence-corrected chi connectivity index (χ3v) is 4.04. The van der Waals surface area contributed by atoms with Crippen LogP contribution in [0.5, 0.6) is 0 Å². The van der Waals surface area contributed by atoms with E-state index < -0.39 is 0 Å². The molecule has 0 aromatic rings. The van der Waals surface area contributed by atoms with Crippen molar-refractivity contribution < 1.29 is 5.11 Å². The summed E-state index contributed by atoms with van der Waals surface area (Å²) in [5, 5.41) is 9.43. The summed E-state index contributed by atoms with van der Waals surface area (Å²) in [4.78, 5) is 0. The lowest BCUT2D eigenvalue weighted by Gasteiger charge is -2.19. The average molecular weight is 242 g/mol. The van der Waals surface area contributed by atoms with E-state index in [0.29, 0.717) is 5.92 Å². The van der Waals surface area contributed by atoms with E-state index in [1.807, 2.05) is 6.92 Å². The van der Waals surface area contributed by atoms with Gasteiger partial charge < -0.3 is 5.11 Å². The molecule has 1 heteroatoms. The number of unbranched alkanes of at least 4 members (excludes halogenated alkanes) is 1. The van der Waals surface area contributed by atoms with Gasteiger partial charge in [-0.25, -0.2) is 0 Å². The summed E-state index contributed by atoms with van der Waals surface area (Å²) in [5.41, 5.74) is 0. The molecule has 1 nitrogen and oxygen atoms in total. The Kier molecular flexibility index (Phi) is 9.91. The molecule has 0 bridgehead atoms. The molecule has 17 heavy (non-hydrogen) atoms. The first-order chi connectivity index (χ1) is 7.97. The fourth-order valence-corrected chi connectivity index (χ4v) is 2.50. The number of rotatable bonds is 10. The van der Waals surface area contributed by atoms with Gasteiger partial charge in [0.2, 0.25) is 0 Å². The molecule has 0 amide bonds. The molecule has 0 spiro atoms. The zero-order chi connectivity index (χ0) is 13.3. The monoisotopic (exact) mass is 242 g/mol. The van der Waals surface area contributed by atoms with Crippen LogP contribution in [0.3, 0.4) is 0 Å². The molecule has 104 valence electrons. The SMILES string of the molecule is CCCCC(C)CC(C)CCCC(C)C(C)O. The van der Waals surface area contributed by atoms with Crippen molar-refractivity contribution >= 4 is 0 Å². The van der Waals surface area contributed by atoms with Crippen LogP contribution in [0.1, 0.15) is 79.6 Å². The van der Waals surface area contributed by atoms with Crippen LogP contribution in [-0.4, -0.2) is 11.2 Å². The lowest BCUT2D eigenvalue weighted by molar-refractivity contribution is 0.127. The van der Waals surface area contributed by atoms with Crippen molar-refractivity contribution in [2.24, 2.45) is 17.8 Å². The highest BCUT2D eigenvalue weighted by atomic mass is 16.3. The third-order valence-electron chi connectivity index (χ3n) is 4.04. The molecule has 0 saturated carbocycles. The smallest absolute Gasteiger partial charge is 0.0537 e. The zero-order valence-corrected chi connectivity index (χ0v) is 12.7. The molecular weight excluding hydrogens is 208 g/mol. The molecule has 0 heterocycles. The normalized spacial score (nSPS) is 18.7. The average Bonchev–Trinajstić information content (AvgIpc) is 2.25. The quantitative estimate of drug-likeness (QED) is 0.570. The molecule has 0 radical (unpaired) electrons. The zero-order valence-electron chi connectivity index (χ0n) is 12.7. The molecule has 0 aromatic heterocycles. The second-order valence-corrected chi connectivity index (χ2v) is 6.24. The third kappa shape index (κ3) is 9.64. The first-order valence-electron chi connectivity index (χ1n) is 7.65. The fourth-order valence-electron chi connectivity index (χ4n) is 2.50. The maximum absolute atomic E-state index is 9.43. The molecule has 0 aliphatic heterocycles. The Hall–Kier alpha value is -0.0400. The first-order valence-corrected chi connectivity index (χ1v) is 7.65. The summed E-state index contributed by atoms with van der Waals surface area (Å²) < 4.78 is 0. The van der Waals surface area contributed by atoms with Crippen molar-refractivity contribution in [1.82, 2.24) is 0 Å². The van der Waals surface area contributed by atoms with Crippen molar-refractivity contribution in [2.75, 3.05) is 0 Å². The summed E-state index contributed by atoms with van der Waals surface area (Å²) in [5.74, 6) is 2.20. The minimum atomic E-state index is -0.145. The van der Waals surface area contributed by atoms with Crippen LogP contribution in [0.2, 0.25) is 0 Å². The Morgan fingerprint density at radius 2 is 1.35 bits per heavy atom. The minimum absolute atomic E-state index is 0.145. The lowest BCUT2D eigenvalue weighted by atomic mass is 9.88. The maximum atomic E-state index is 9.43.